The lowest BCUT2D eigenvalue weighted by atomic mass is 10.1. The summed E-state index contributed by atoms with van der Waals surface area (Å²) in [5.74, 6) is 0.775. The van der Waals surface area contributed by atoms with Crippen molar-refractivity contribution < 1.29 is 9.66 Å². The van der Waals surface area contributed by atoms with E-state index in [0.717, 1.165) is 10.4 Å². The first-order chi connectivity index (χ1) is 16.4. The Morgan fingerprint density at radius 1 is 1.06 bits per heavy atom. The van der Waals surface area contributed by atoms with Crippen LogP contribution in [0.1, 0.15) is 0 Å². The van der Waals surface area contributed by atoms with Crippen LogP contribution in [-0.2, 0) is 0 Å². The molecular formula is C24H16N4O5S. The van der Waals surface area contributed by atoms with Crippen molar-refractivity contribution in [3.05, 3.63) is 104 Å². The van der Waals surface area contributed by atoms with Crippen LogP contribution >= 0.6 is 11.3 Å². The van der Waals surface area contributed by atoms with Crippen molar-refractivity contribution in [3.63, 3.8) is 0 Å². The van der Waals surface area contributed by atoms with Crippen molar-refractivity contribution in [1.82, 2.24) is 14.5 Å². The monoisotopic (exact) mass is 472 g/mol. The van der Waals surface area contributed by atoms with Crippen molar-refractivity contribution >= 4 is 27.2 Å². The number of hydrogen-bond acceptors (Lipinski definition) is 7. The van der Waals surface area contributed by atoms with Gasteiger partial charge < -0.3 is 9.72 Å². The van der Waals surface area contributed by atoms with Crippen LogP contribution < -0.4 is 15.9 Å². The van der Waals surface area contributed by atoms with Gasteiger partial charge in [0.2, 0.25) is 0 Å². The highest BCUT2D eigenvalue weighted by molar-refractivity contribution is 7.21. The number of rotatable bonds is 5. The van der Waals surface area contributed by atoms with E-state index in [2.05, 4.69) is 9.97 Å². The van der Waals surface area contributed by atoms with E-state index in [1.54, 1.807) is 67.9 Å². The van der Waals surface area contributed by atoms with Gasteiger partial charge in [0.15, 0.2) is 0 Å². The number of H-pyrrole nitrogens is 1. The Labute approximate surface area is 195 Å². The molecule has 34 heavy (non-hydrogen) atoms. The third-order valence-electron chi connectivity index (χ3n) is 5.30. The molecule has 2 aromatic carbocycles. The smallest absolute Gasteiger partial charge is 0.269 e. The molecule has 0 saturated heterocycles. The Morgan fingerprint density at radius 2 is 1.85 bits per heavy atom. The van der Waals surface area contributed by atoms with Gasteiger partial charge in [-0.25, -0.2) is 4.98 Å². The predicted molar refractivity (Wildman–Crippen MR) is 130 cm³/mol. The summed E-state index contributed by atoms with van der Waals surface area (Å²) < 4.78 is 6.70. The van der Waals surface area contributed by atoms with Crippen molar-refractivity contribution in [2.45, 2.75) is 0 Å². The number of methoxy groups -OCH3 is 1. The standard InChI is InChI=1S/C24H16N4O5S/c1-33-17-5-2-4-16(12-17)27-11-3-6-18(24(27)30)21-25-22(29)19-13-20(34-23(19)26-21)14-7-9-15(10-8-14)28(31)32/h2-13H,1H3,(H,25,26,29). The molecule has 0 radical (unpaired) electrons. The maximum atomic E-state index is 13.2. The number of hydrogen-bond donors (Lipinski definition) is 1. The zero-order valence-electron chi connectivity index (χ0n) is 17.7. The van der Waals surface area contributed by atoms with Gasteiger partial charge in [-0.3, -0.25) is 24.3 Å². The molecule has 168 valence electrons. The van der Waals surface area contributed by atoms with Gasteiger partial charge in [0.1, 0.15) is 16.4 Å². The number of thiophene rings is 1. The summed E-state index contributed by atoms with van der Waals surface area (Å²) in [6, 6.07) is 18.2. The van der Waals surface area contributed by atoms with E-state index >= 15 is 0 Å². The molecule has 10 heteroatoms. The fraction of sp³-hybridized carbons (Fsp3) is 0.0417. The second-order valence-corrected chi connectivity index (χ2v) is 8.38. The van der Waals surface area contributed by atoms with Gasteiger partial charge in [0.05, 0.1) is 28.7 Å². The fourth-order valence-electron chi connectivity index (χ4n) is 3.59. The van der Waals surface area contributed by atoms with Gasteiger partial charge >= 0.3 is 0 Å². The van der Waals surface area contributed by atoms with Crippen LogP contribution in [0.3, 0.4) is 0 Å². The molecule has 0 amide bonds. The highest BCUT2D eigenvalue weighted by atomic mass is 32.1. The second-order valence-electron chi connectivity index (χ2n) is 7.35. The molecular weight excluding hydrogens is 456 g/mol. The van der Waals surface area contributed by atoms with Crippen molar-refractivity contribution in [2.24, 2.45) is 0 Å². The van der Waals surface area contributed by atoms with Crippen LogP contribution in [0.5, 0.6) is 5.75 Å². The summed E-state index contributed by atoms with van der Waals surface area (Å²) in [4.78, 5) is 44.9. The summed E-state index contributed by atoms with van der Waals surface area (Å²) in [7, 11) is 1.55. The van der Waals surface area contributed by atoms with Gasteiger partial charge in [-0.2, -0.15) is 0 Å². The van der Waals surface area contributed by atoms with Crippen LogP contribution in [0.25, 0.3) is 37.7 Å². The Bertz CT molecular complexity index is 1670. The van der Waals surface area contributed by atoms with E-state index in [1.807, 2.05) is 0 Å². The maximum Gasteiger partial charge on any atom is 0.269 e. The predicted octanol–water partition coefficient (Wildman–Crippen LogP) is 4.39. The second kappa shape index (κ2) is 8.41. The molecule has 0 spiro atoms. The molecule has 0 atom stereocenters. The SMILES string of the molecule is COc1cccc(-n2cccc(-c3nc4sc(-c5ccc([N+](=O)[O-])cc5)cc4c(=O)[nH]3)c2=O)c1. The molecule has 0 fully saturated rings. The number of nitro groups is 1. The average molecular weight is 472 g/mol. The number of non-ortho nitro benzene ring substituents is 1. The van der Waals surface area contributed by atoms with E-state index in [0.29, 0.717) is 21.7 Å². The number of nitrogens with zero attached hydrogens (tertiary/aromatic N) is 3. The van der Waals surface area contributed by atoms with Crippen LogP contribution in [0, 0.1) is 10.1 Å². The highest BCUT2D eigenvalue weighted by Gasteiger charge is 2.15. The highest BCUT2D eigenvalue weighted by Crippen LogP contribution is 2.32. The summed E-state index contributed by atoms with van der Waals surface area (Å²) in [5.41, 5.74) is 0.862. The molecule has 0 aliphatic rings. The Kier molecular flexibility index (Phi) is 5.27. The quantitative estimate of drug-likeness (QED) is 0.299. The molecule has 0 aliphatic carbocycles. The number of aromatic nitrogens is 3. The first-order valence-corrected chi connectivity index (χ1v) is 10.9. The van der Waals surface area contributed by atoms with Crippen molar-refractivity contribution in [2.75, 3.05) is 7.11 Å². The lowest BCUT2D eigenvalue weighted by Gasteiger charge is -2.09. The van der Waals surface area contributed by atoms with Gasteiger partial charge in [-0.1, -0.05) is 6.07 Å². The van der Waals surface area contributed by atoms with Crippen molar-refractivity contribution in [3.8, 4) is 33.3 Å². The van der Waals surface area contributed by atoms with E-state index < -0.39 is 4.92 Å². The van der Waals surface area contributed by atoms with E-state index in [9.17, 15) is 19.7 Å². The number of pyridine rings is 1. The Hall–Kier alpha value is -4.57. The van der Waals surface area contributed by atoms with Crippen LogP contribution in [0.15, 0.2) is 82.5 Å². The Morgan fingerprint density at radius 3 is 2.59 bits per heavy atom. The zero-order chi connectivity index (χ0) is 23.8. The molecule has 0 saturated carbocycles. The van der Waals surface area contributed by atoms with Gasteiger partial charge in [0.25, 0.3) is 16.8 Å². The molecule has 5 rings (SSSR count). The third-order valence-corrected chi connectivity index (χ3v) is 6.38. The summed E-state index contributed by atoms with van der Waals surface area (Å²) in [5, 5.41) is 11.3. The van der Waals surface area contributed by atoms with E-state index in [-0.39, 0.29) is 28.2 Å². The topological polar surface area (TPSA) is 120 Å². The van der Waals surface area contributed by atoms with Crippen molar-refractivity contribution in [1.29, 1.82) is 0 Å². The number of benzene rings is 2. The maximum absolute atomic E-state index is 13.2. The minimum Gasteiger partial charge on any atom is -0.497 e. The first-order valence-electron chi connectivity index (χ1n) is 10.1. The molecule has 0 aliphatic heterocycles. The summed E-state index contributed by atoms with van der Waals surface area (Å²) in [6.07, 6.45) is 1.63. The number of ether oxygens (including phenoxy) is 1. The van der Waals surface area contributed by atoms with Crippen LogP contribution in [0.2, 0.25) is 0 Å². The molecule has 0 bridgehead atoms. The minimum absolute atomic E-state index is 0.0143. The lowest BCUT2D eigenvalue weighted by Crippen LogP contribution is -2.21. The minimum atomic E-state index is -0.467. The molecule has 1 N–H and O–H groups in total. The number of nitrogens with one attached hydrogen (secondary N) is 1. The van der Waals surface area contributed by atoms with E-state index in [4.69, 9.17) is 4.74 Å². The number of fused-ring (bicyclic) bond motifs is 1. The van der Waals surface area contributed by atoms with Gasteiger partial charge in [0, 0.05) is 29.3 Å². The number of aromatic amines is 1. The molecule has 9 nitrogen and oxygen atoms in total. The summed E-state index contributed by atoms with van der Waals surface area (Å²) >= 11 is 1.27. The molecule has 3 heterocycles. The normalized spacial score (nSPS) is 11.0. The Balaban J connectivity index is 1.59. The first kappa shape index (κ1) is 21.3. The largest absolute Gasteiger partial charge is 0.497 e. The molecule has 3 aromatic heterocycles. The zero-order valence-corrected chi connectivity index (χ0v) is 18.5. The number of nitro benzene ring substituents is 1. The fourth-order valence-corrected chi connectivity index (χ4v) is 4.62. The summed E-state index contributed by atoms with van der Waals surface area (Å²) in [6.45, 7) is 0. The average Bonchev–Trinajstić information content (AvgIpc) is 3.29. The molecule has 0 unspecified atom stereocenters. The van der Waals surface area contributed by atoms with E-state index in [1.165, 1.54) is 28.0 Å². The van der Waals surface area contributed by atoms with Crippen LogP contribution in [0.4, 0.5) is 5.69 Å². The van der Waals surface area contributed by atoms with Crippen LogP contribution in [-0.4, -0.2) is 26.6 Å². The molecule has 5 aromatic rings. The lowest BCUT2D eigenvalue weighted by molar-refractivity contribution is -0.384. The third kappa shape index (κ3) is 3.76. The van der Waals surface area contributed by atoms with Gasteiger partial charge in [-0.05, 0) is 48.0 Å². The van der Waals surface area contributed by atoms with Gasteiger partial charge in [-0.15, -0.1) is 11.3 Å².